The number of nitrogens with zero attached hydrogens (tertiary/aromatic N) is 5. The highest BCUT2D eigenvalue weighted by molar-refractivity contribution is 7.16. The van der Waals surface area contributed by atoms with Crippen LogP contribution in [0.25, 0.3) is 0 Å². The smallest absolute Gasteiger partial charge is 0.226 e. The van der Waals surface area contributed by atoms with Crippen LogP contribution < -0.4 is 5.32 Å². The van der Waals surface area contributed by atoms with Gasteiger partial charge in [-0.1, -0.05) is 18.1 Å². The molecule has 2 aliphatic rings. The van der Waals surface area contributed by atoms with E-state index in [1.165, 1.54) is 36.1 Å². The minimum atomic E-state index is 0.00277. The Morgan fingerprint density at radius 3 is 3.00 bits per heavy atom. The summed E-state index contributed by atoms with van der Waals surface area (Å²) in [5.74, 6) is 0.00277. The number of hydrogen-bond donors (Lipinski definition) is 1. The number of anilines is 1. The lowest BCUT2D eigenvalue weighted by Gasteiger charge is -2.35. The lowest BCUT2D eigenvalue weighted by molar-refractivity contribution is -0.116. The van der Waals surface area contributed by atoms with Gasteiger partial charge in [-0.3, -0.25) is 14.4 Å². The van der Waals surface area contributed by atoms with E-state index in [9.17, 15) is 10.1 Å². The van der Waals surface area contributed by atoms with Gasteiger partial charge in [-0.15, -0.1) is 16.4 Å². The molecule has 0 spiro atoms. The fraction of sp³-hybridized carbons (Fsp3) is 0.619. The molecule has 0 saturated carbocycles. The van der Waals surface area contributed by atoms with E-state index in [2.05, 4.69) is 26.6 Å². The second-order valence-corrected chi connectivity index (χ2v) is 9.09. The van der Waals surface area contributed by atoms with Gasteiger partial charge in [0.25, 0.3) is 0 Å². The molecule has 4 rings (SSSR count). The molecule has 1 aliphatic carbocycles. The lowest BCUT2D eigenvalue weighted by Crippen LogP contribution is -2.43. The number of hydrogen-bond acceptors (Lipinski definition) is 6. The SMILES string of the molecule is N#Cc1c(NC(=O)CCN2CCCC[C@@H]2Cn2ccnn2)sc2c1CCCCC2. The monoisotopic (exact) mass is 412 g/mol. The van der Waals surface area contributed by atoms with Crippen molar-refractivity contribution >= 4 is 22.2 Å². The van der Waals surface area contributed by atoms with Crippen LogP contribution in [0.1, 0.15) is 60.9 Å². The molecule has 154 valence electrons. The highest BCUT2D eigenvalue weighted by Crippen LogP contribution is 2.37. The number of nitriles is 1. The van der Waals surface area contributed by atoms with Crippen molar-refractivity contribution in [2.45, 2.75) is 70.4 Å². The summed E-state index contributed by atoms with van der Waals surface area (Å²) >= 11 is 1.61. The molecular formula is C21H28N6OS. The van der Waals surface area contributed by atoms with E-state index in [1.807, 2.05) is 10.9 Å². The van der Waals surface area contributed by atoms with Crippen molar-refractivity contribution in [3.8, 4) is 6.07 Å². The Morgan fingerprint density at radius 2 is 2.17 bits per heavy atom. The predicted molar refractivity (Wildman–Crippen MR) is 113 cm³/mol. The van der Waals surface area contributed by atoms with E-state index in [0.29, 0.717) is 18.0 Å². The summed E-state index contributed by atoms with van der Waals surface area (Å²) in [6.07, 6.45) is 13.1. The minimum absolute atomic E-state index is 0.00277. The summed E-state index contributed by atoms with van der Waals surface area (Å²) in [6, 6.07) is 2.74. The first-order valence-corrected chi connectivity index (χ1v) is 11.5. The van der Waals surface area contributed by atoms with Crippen molar-refractivity contribution in [1.29, 1.82) is 5.26 Å². The van der Waals surface area contributed by atoms with E-state index in [0.717, 1.165) is 50.3 Å². The van der Waals surface area contributed by atoms with E-state index < -0.39 is 0 Å². The van der Waals surface area contributed by atoms with Crippen LogP contribution in [0.2, 0.25) is 0 Å². The molecule has 0 radical (unpaired) electrons. The summed E-state index contributed by atoms with van der Waals surface area (Å²) in [4.78, 5) is 16.4. The van der Waals surface area contributed by atoms with Gasteiger partial charge in [0.1, 0.15) is 11.1 Å². The van der Waals surface area contributed by atoms with Gasteiger partial charge < -0.3 is 5.32 Å². The van der Waals surface area contributed by atoms with Crippen molar-refractivity contribution in [3.63, 3.8) is 0 Å². The van der Waals surface area contributed by atoms with Gasteiger partial charge in [-0.05, 0) is 50.6 Å². The van der Waals surface area contributed by atoms with Crippen molar-refractivity contribution in [2.24, 2.45) is 0 Å². The van der Waals surface area contributed by atoms with Crippen LogP contribution in [-0.2, 0) is 24.2 Å². The van der Waals surface area contributed by atoms with Gasteiger partial charge in [0.05, 0.1) is 18.3 Å². The van der Waals surface area contributed by atoms with Gasteiger partial charge in [0.2, 0.25) is 5.91 Å². The third kappa shape index (κ3) is 4.85. The number of aromatic nitrogens is 3. The topological polar surface area (TPSA) is 86.8 Å². The standard InChI is InChI=1S/C21H28N6OS/c22-14-18-17-7-2-1-3-8-19(17)29-21(18)24-20(28)9-12-26-11-5-4-6-16(26)15-27-13-10-23-25-27/h10,13,16H,1-9,11-12,15H2,(H,24,28)/t16-/m1/s1. The highest BCUT2D eigenvalue weighted by Gasteiger charge is 2.24. The molecule has 1 saturated heterocycles. The van der Waals surface area contributed by atoms with Gasteiger partial charge >= 0.3 is 0 Å². The van der Waals surface area contributed by atoms with E-state index in [4.69, 9.17) is 0 Å². The van der Waals surface area contributed by atoms with Crippen LogP contribution in [-0.4, -0.2) is 44.9 Å². The summed E-state index contributed by atoms with van der Waals surface area (Å²) < 4.78 is 1.88. The third-order valence-electron chi connectivity index (χ3n) is 6.03. The maximum Gasteiger partial charge on any atom is 0.226 e. The van der Waals surface area contributed by atoms with Crippen LogP contribution in [0.15, 0.2) is 12.4 Å². The molecule has 1 aliphatic heterocycles. The van der Waals surface area contributed by atoms with E-state index in [-0.39, 0.29) is 5.91 Å². The van der Waals surface area contributed by atoms with Crippen molar-refractivity contribution < 1.29 is 4.79 Å². The Morgan fingerprint density at radius 1 is 1.28 bits per heavy atom. The number of carbonyl (C=O) groups excluding carboxylic acids is 1. The minimum Gasteiger partial charge on any atom is -0.317 e. The molecule has 8 heteroatoms. The summed E-state index contributed by atoms with van der Waals surface area (Å²) in [5.41, 5.74) is 1.87. The molecule has 1 N–H and O–H groups in total. The molecule has 1 amide bonds. The number of carbonyl (C=O) groups is 1. The maximum absolute atomic E-state index is 12.7. The summed E-state index contributed by atoms with van der Waals surface area (Å²) in [6.45, 7) is 2.57. The third-order valence-corrected chi connectivity index (χ3v) is 7.24. The maximum atomic E-state index is 12.7. The molecule has 0 aromatic carbocycles. The van der Waals surface area contributed by atoms with Gasteiger partial charge in [-0.25, -0.2) is 0 Å². The van der Waals surface area contributed by atoms with Crippen molar-refractivity contribution in [2.75, 3.05) is 18.4 Å². The molecule has 2 aromatic heterocycles. The Kier molecular flexibility index (Phi) is 6.57. The summed E-state index contributed by atoms with van der Waals surface area (Å²) in [5, 5.41) is 21.4. The fourth-order valence-corrected chi connectivity index (χ4v) is 5.75. The first-order valence-electron chi connectivity index (χ1n) is 10.7. The van der Waals surface area contributed by atoms with Gasteiger partial charge in [0, 0.05) is 30.1 Å². The molecule has 0 bridgehead atoms. The number of likely N-dealkylation sites (tertiary alicyclic amines) is 1. The number of thiophene rings is 1. The molecule has 1 fully saturated rings. The van der Waals surface area contributed by atoms with Crippen molar-refractivity contribution in [1.82, 2.24) is 19.9 Å². The normalized spacial score (nSPS) is 19.9. The number of fused-ring (bicyclic) bond motifs is 1. The number of rotatable bonds is 6. The Labute approximate surface area is 175 Å². The molecule has 2 aromatic rings. The number of amides is 1. The van der Waals surface area contributed by atoms with E-state index in [1.54, 1.807) is 17.5 Å². The quantitative estimate of drug-likeness (QED) is 0.735. The Bertz CT molecular complexity index is 869. The zero-order chi connectivity index (χ0) is 20.1. The number of aryl methyl sites for hydroxylation is 1. The first-order chi connectivity index (χ1) is 14.2. The van der Waals surface area contributed by atoms with E-state index >= 15 is 0 Å². The largest absolute Gasteiger partial charge is 0.317 e. The number of nitrogens with one attached hydrogen (secondary N) is 1. The molecule has 0 unspecified atom stereocenters. The Balaban J connectivity index is 1.35. The van der Waals surface area contributed by atoms with Crippen molar-refractivity contribution in [3.05, 3.63) is 28.4 Å². The fourth-order valence-electron chi connectivity index (χ4n) is 4.49. The molecule has 7 nitrogen and oxygen atoms in total. The number of piperidine rings is 1. The molecular weight excluding hydrogens is 384 g/mol. The molecule has 29 heavy (non-hydrogen) atoms. The zero-order valence-electron chi connectivity index (χ0n) is 16.8. The Hall–Kier alpha value is -2.24. The van der Waals surface area contributed by atoms with Crippen LogP contribution in [0.4, 0.5) is 5.00 Å². The molecule has 3 heterocycles. The van der Waals surface area contributed by atoms with Gasteiger partial charge in [0.15, 0.2) is 0 Å². The second-order valence-electron chi connectivity index (χ2n) is 7.99. The summed E-state index contributed by atoms with van der Waals surface area (Å²) in [7, 11) is 0. The molecule has 1 atom stereocenters. The average Bonchev–Trinajstić information content (AvgIpc) is 3.28. The highest BCUT2D eigenvalue weighted by atomic mass is 32.1. The average molecular weight is 413 g/mol. The first kappa shape index (κ1) is 20.0. The van der Waals surface area contributed by atoms with Crippen LogP contribution in [0, 0.1) is 11.3 Å². The van der Waals surface area contributed by atoms with Crippen LogP contribution in [0.5, 0.6) is 0 Å². The predicted octanol–water partition coefficient (Wildman–Crippen LogP) is 3.36. The zero-order valence-corrected chi connectivity index (χ0v) is 17.6. The van der Waals surface area contributed by atoms with Gasteiger partial charge in [-0.2, -0.15) is 5.26 Å². The van der Waals surface area contributed by atoms with Crippen LogP contribution >= 0.6 is 11.3 Å². The van der Waals surface area contributed by atoms with Crippen LogP contribution in [0.3, 0.4) is 0 Å². The lowest BCUT2D eigenvalue weighted by atomic mass is 10.0. The second kappa shape index (κ2) is 9.51.